The normalized spacial score (nSPS) is 28.8. The lowest BCUT2D eigenvalue weighted by Crippen LogP contribution is -2.44. The lowest BCUT2D eigenvalue weighted by molar-refractivity contribution is -0.141. The maximum Gasteiger partial charge on any atom is 0.137 e. The Bertz CT molecular complexity index is 168. The molecule has 1 fully saturated rings. The van der Waals surface area contributed by atoms with E-state index in [9.17, 15) is 4.79 Å². The van der Waals surface area contributed by atoms with Gasteiger partial charge in [0, 0.05) is 12.3 Å². The van der Waals surface area contributed by atoms with Crippen LogP contribution in [-0.2, 0) is 4.79 Å². The number of hydrogen-bond acceptors (Lipinski definition) is 1. The van der Waals surface area contributed by atoms with Crippen LogP contribution in [-0.4, -0.2) is 5.78 Å². The molecule has 1 aliphatic carbocycles. The van der Waals surface area contributed by atoms with E-state index in [2.05, 4.69) is 27.7 Å². The second-order valence-electron chi connectivity index (χ2n) is 4.81. The zero-order chi connectivity index (χ0) is 8.65. The number of carbonyl (C=O) groups excluding carboxylic acids is 1. The Kier molecular flexibility index (Phi) is 2.08. The Morgan fingerprint density at radius 3 is 2.27 bits per heavy atom. The van der Waals surface area contributed by atoms with Gasteiger partial charge in [-0.05, 0) is 17.8 Å². The van der Waals surface area contributed by atoms with E-state index in [0.717, 1.165) is 12.8 Å². The molecule has 0 N–H and O–H groups in total. The molecule has 1 saturated carbocycles. The topological polar surface area (TPSA) is 17.1 Å². The zero-order valence-electron chi connectivity index (χ0n) is 7.98. The van der Waals surface area contributed by atoms with Crippen LogP contribution in [0.25, 0.3) is 0 Å². The highest BCUT2D eigenvalue weighted by Crippen LogP contribution is 2.45. The summed E-state index contributed by atoms with van der Waals surface area (Å²) in [7, 11) is 0. The summed E-state index contributed by atoms with van der Waals surface area (Å²) in [6.07, 6.45) is 1.87. The van der Waals surface area contributed by atoms with Crippen molar-refractivity contribution in [1.29, 1.82) is 0 Å². The summed E-state index contributed by atoms with van der Waals surface area (Å²) in [6.45, 7) is 8.76. The van der Waals surface area contributed by atoms with Crippen LogP contribution in [0.2, 0.25) is 0 Å². The molecule has 1 unspecified atom stereocenters. The van der Waals surface area contributed by atoms with Crippen LogP contribution in [0.3, 0.4) is 0 Å². The molecule has 0 aromatic carbocycles. The van der Waals surface area contributed by atoms with Crippen molar-refractivity contribution >= 4 is 5.78 Å². The van der Waals surface area contributed by atoms with E-state index in [1.807, 2.05) is 0 Å². The van der Waals surface area contributed by atoms with Crippen LogP contribution in [0.5, 0.6) is 0 Å². The van der Waals surface area contributed by atoms with Gasteiger partial charge in [-0.1, -0.05) is 27.7 Å². The average Bonchev–Trinajstić information content (AvgIpc) is 1.82. The summed E-state index contributed by atoms with van der Waals surface area (Å²) in [5.74, 6) is 1.48. The van der Waals surface area contributed by atoms with Crippen LogP contribution in [0, 0.1) is 17.3 Å². The van der Waals surface area contributed by atoms with E-state index >= 15 is 0 Å². The summed E-state index contributed by atoms with van der Waals surface area (Å²) in [5.41, 5.74) is 0.293. The van der Waals surface area contributed by atoms with Crippen molar-refractivity contribution in [3.05, 3.63) is 0 Å². The van der Waals surface area contributed by atoms with E-state index in [1.165, 1.54) is 0 Å². The summed E-state index contributed by atoms with van der Waals surface area (Å²) < 4.78 is 0. The largest absolute Gasteiger partial charge is 0.299 e. The zero-order valence-corrected chi connectivity index (χ0v) is 7.98. The Balaban J connectivity index is 2.50. The fourth-order valence-electron chi connectivity index (χ4n) is 1.92. The molecule has 64 valence electrons. The van der Waals surface area contributed by atoms with Gasteiger partial charge in [-0.15, -0.1) is 0 Å². The van der Waals surface area contributed by atoms with E-state index in [0.29, 0.717) is 23.0 Å². The minimum atomic E-state index is 0.293. The lowest BCUT2D eigenvalue weighted by Gasteiger charge is -2.43. The molecule has 1 aliphatic rings. The third-order valence-electron chi connectivity index (χ3n) is 2.67. The number of carbonyl (C=O) groups is 1. The fraction of sp³-hybridized carbons (Fsp3) is 0.900. The van der Waals surface area contributed by atoms with E-state index < -0.39 is 0 Å². The molecule has 11 heavy (non-hydrogen) atoms. The monoisotopic (exact) mass is 154 g/mol. The van der Waals surface area contributed by atoms with Crippen LogP contribution in [0.15, 0.2) is 0 Å². The first kappa shape index (κ1) is 8.76. The molecule has 0 spiro atoms. The van der Waals surface area contributed by atoms with Crippen LogP contribution >= 0.6 is 0 Å². The highest BCUT2D eigenvalue weighted by molar-refractivity contribution is 5.88. The van der Waals surface area contributed by atoms with E-state index in [1.54, 1.807) is 0 Å². The second kappa shape index (κ2) is 2.62. The predicted octanol–water partition coefficient (Wildman–Crippen LogP) is 2.65. The number of hydrogen-bond donors (Lipinski definition) is 0. The molecule has 0 bridgehead atoms. The van der Waals surface area contributed by atoms with Gasteiger partial charge < -0.3 is 0 Å². The second-order valence-corrected chi connectivity index (χ2v) is 4.81. The molecule has 1 nitrogen and oxygen atoms in total. The molecule has 0 aliphatic heterocycles. The first-order chi connectivity index (χ1) is 4.93. The molecular weight excluding hydrogens is 136 g/mol. The summed E-state index contributed by atoms with van der Waals surface area (Å²) in [6, 6.07) is 0. The molecule has 1 rings (SSSR count). The highest BCUT2D eigenvalue weighted by Gasteiger charge is 2.45. The van der Waals surface area contributed by atoms with Crippen LogP contribution in [0.4, 0.5) is 0 Å². The minimum absolute atomic E-state index is 0.293. The van der Waals surface area contributed by atoms with Gasteiger partial charge in [0.05, 0.1) is 0 Å². The number of ketones is 1. The summed E-state index contributed by atoms with van der Waals surface area (Å²) >= 11 is 0. The van der Waals surface area contributed by atoms with Gasteiger partial charge in [0.25, 0.3) is 0 Å². The SMILES string of the molecule is CC(C)CC1C(=O)CC1(C)C. The Morgan fingerprint density at radius 1 is 1.55 bits per heavy atom. The molecule has 1 heteroatoms. The van der Waals surface area contributed by atoms with Crippen LogP contribution < -0.4 is 0 Å². The van der Waals surface area contributed by atoms with Gasteiger partial charge in [0.1, 0.15) is 5.78 Å². The van der Waals surface area contributed by atoms with E-state index in [-0.39, 0.29) is 0 Å². The third kappa shape index (κ3) is 1.63. The van der Waals surface area contributed by atoms with Gasteiger partial charge in [-0.3, -0.25) is 4.79 Å². The quantitative estimate of drug-likeness (QED) is 0.597. The third-order valence-corrected chi connectivity index (χ3v) is 2.67. The van der Waals surface area contributed by atoms with Gasteiger partial charge in [-0.2, -0.15) is 0 Å². The number of Topliss-reactive ketones (excluding diaryl/α,β-unsaturated/α-hetero) is 1. The molecule has 0 aromatic rings. The first-order valence-electron chi connectivity index (χ1n) is 4.46. The van der Waals surface area contributed by atoms with Gasteiger partial charge in [-0.25, -0.2) is 0 Å². The van der Waals surface area contributed by atoms with Crippen LogP contribution in [0.1, 0.15) is 40.5 Å². The lowest BCUT2D eigenvalue weighted by atomic mass is 9.59. The Morgan fingerprint density at radius 2 is 2.09 bits per heavy atom. The van der Waals surface area contributed by atoms with Gasteiger partial charge in [0.15, 0.2) is 0 Å². The smallest absolute Gasteiger partial charge is 0.137 e. The molecular formula is C10H18O. The van der Waals surface area contributed by atoms with Crippen molar-refractivity contribution in [2.75, 3.05) is 0 Å². The minimum Gasteiger partial charge on any atom is -0.299 e. The fourth-order valence-corrected chi connectivity index (χ4v) is 1.92. The van der Waals surface area contributed by atoms with Crippen molar-refractivity contribution in [2.45, 2.75) is 40.5 Å². The average molecular weight is 154 g/mol. The van der Waals surface area contributed by atoms with Crippen molar-refractivity contribution in [3.8, 4) is 0 Å². The molecule has 0 saturated heterocycles. The molecule has 0 amide bonds. The van der Waals surface area contributed by atoms with Crippen molar-refractivity contribution < 1.29 is 4.79 Å². The predicted molar refractivity (Wildman–Crippen MR) is 46.4 cm³/mol. The highest BCUT2D eigenvalue weighted by atomic mass is 16.1. The standard InChI is InChI=1S/C10H18O/c1-7(2)5-8-9(11)6-10(8,3)4/h7-8H,5-6H2,1-4H3. The van der Waals surface area contributed by atoms with E-state index in [4.69, 9.17) is 0 Å². The van der Waals surface area contributed by atoms with Crippen molar-refractivity contribution in [2.24, 2.45) is 17.3 Å². The molecule has 1 atom stereocenters. The Hall–Kier alpha value is -0.330. The van der Waals surface area contributed by atoms with Gasteiger partial charge in [0.2, 0.25) is 0 Å². The molecule has 0 radical (unpaired) electrons. The van der Waals surface area contributed by atoms with Gasteiger partial charge >= 0.3 is 0 Å². The first-order valence-corrected chi connectivity index (χ1v) is 4.46. The summed E-state index contributed by atoms with van der Waals surface area (Å²) in [5, 5.41) is 0. The maximum absolute atomic E-state index is 11.2. The Labute approximate surface area is 69.2 Å². The molecule has 0 aromatic heterocycles. The molecule has 0 heterocycles. The summed E-state index contributed by atoms with van der Waals surface area (Å²) in [4.78, 5) is 11.2. The van der Waals surface area contributed by atoms with Crippen molar-refractivity contribution in [3.63, 3.8) is 0 Å². The maximum atomic E-state index is 11.2. The number of rotatable bonds is 2. The van der Waals surface area contributed by atoms with Crippen molar-refractivity contribution in [1.82, 2.24) is 0 Å².